The lowest BCUT2D eigenvalue weighted by molar-refractivity contribution is 0.240. The molecule has 0 aliphatic heterocycles. The Morgan fingerprint density at radius 2 is 1.76 bits per heavy atom. The molecular formula is C15H22Br2N2O5P+. The number of hydrogen-bond donors (Lipinski definition) is 3. The maximum atomic E-state index is 10.6. The van der Waals surface area contributed by atoms with Crippen molar-refractivity contribution in [1.82, 2.24) is 10.2 Å². The molecule has 10 heteroatoms. The molecule has 0 saturated heterocycles. The Morgan fingerprint density at radius 3 is 2.32 bits per heavy atom. The van der Waals surface area contributed by atoms with Gasteiger partial charge in [0.2, 0.25) is 0 Å². The van der Waals surface area contributed by atoms with Gasteiger partial charge in [0.15, 0.2) is 17.9 Å². The van der Waals surface area contributed by atoms with Crippen molar-refractivity contribution in [3.8, 4) is 11.5 Å². The van der Waals surface area contributed by atoms with Crippen molar-refractivity contribution in [1.29, 1.82) is 0 Å². The summed E-state index contributed by atoms with van der Waals surface area (Å²) in [4.78, 5) is 10.6. The van der Waals surface area contributed by atoms with Gasteiger partial charge >= 0.3 is 8.02 Å². The van der Waals surface area contributed by atoms with E-state index in [1.807, 2.05) is 12.1 Å². The van der Waals surface area contributed by atoms with E-state index >= 15 is 0 Å². The molecule has 0 aliphatic rings. The molecule has 1 aromatic heterocycles. The summed E-state index contributed by atoms with van der Waals surface area (Å²) in [5, 5.41) is 8.26. The molecule has 0 unspecified atom stereocenters. The SMILES string of the molecule is COc1cc(OC)c2oc(CO[P+](O)(NCCBr)NCCBr)cc2c1. The lowest BCUT2D eigenvalue weighted by Crippen LogP contribution is -2.31. The Bertz CT molecular complexity index is 677. The molecule has 25 heavy (non-hydrogen) atoms. The highest BCUT2D eigenvalue weighted by Crippen LogP contribution is 2.47. The Morgan fingerprint density at radius 1 is 1.08 bits per heavy atom. The number of methoxy groups -OCH3 is 2. The zero-order valence-corrected chi connectivity index (χ0v) is 18.1. The second-order valence-electron chi connectivity index (χ2n) is 5.00. The minimum absolute atomic E-state index is 0.120. The molecule has 2 aromatic rings. The molecule has 3 N–H and O–H groups in total. The van der Waals surface area contributed by atoms with Crippen molar-refractivity contribution >= 4 is 50.8 Å². The molecule has 1 heterocycles. The Balaban J connectivity index is 2.15. The summed E-state index contributed by atoms with van der Waals surface area (Å²) in [7, 11) is 0.252. The van der Waals surface area contributed by atoms with Crippen LogP contribution < -0.4 is 19.6 Å². The van der Waals surface area contributed by atoms with E-state index < -0.39 is 8.02 Å². The predicted molar refractivity (Wildman–Crippen MR) is 107 cm³/mol. The van der Waals surface area contributed by atoms with Crippen LogP contribution in [0.3, 0.4) is 0 Å². The van der Waals surface area contributed by atoms with Crippen LogP contribution in [0, 0.1) is 0 Å². The fourth-order valence-corrected chi connectivity index (χ4v) is 4.63. The summed E-state index contributed by atoms with van der Waals surface area (Å²) >= 11 is 6.65. The van der Waals surface area contributed by atoms with Gasteiger partial charge in [-0.15, -0.1) is 10.2 Å². The Kier molecular flexibility index (Phi) is 8.41. The smallest absolute Gasteiger partial charge is 0.428 e. The number of benzene rings is 1. The van der Waals surface area contributed by atoms with Crippen molar-refractivity contribution in [2.75, 3.05) is 38.0 Å². The molecule has 0 fully saturated rings. The van der Waals surface area contributed by atoms with Gasteiger partial charge in [-0.3, -0.25) is 0 Å². The summed E-state index contributed by atoms with van der Waals surface area (Å²) < 4.78 is 22.1. The summed E-state index contributed by atoms with van der Waals surface area (Å²) in [6.07, 6.45) is 0. The molecule has 0 atom stereocenters. The van der Waals surface area contributed by atoms with Gasteiger partial charge in [-0.2, -0.15) is 9.42 Å². The Hall–Kier alpha value is -0.410. The molecule has 0 amide bonds. The van der Waals surface area contributed by atoms with Crippen molar-refractivity contribution < 1.29 is 23.3 Å². The molecule has 2 rings (SSSR count). The number of fused-ring (bicyclic) bond motifs is 1. The standard InChI is InChI=1S/C15H22Br2N2O5P/c1-21-12-7-11-8-13(24-15(11)14(9-12)22-2)10-23-25(20,18-5-3-16)19-6-4-17/h7-9,18-20H,3-6,10H2,1-2H3/q+1. The first-order valence-electron chi connectivity index (χ1n) is 7.58. The van der Waals surface area contributed by atoms with Gasteiger partial charge in [-0.05, 0) is 12.1 Å². The van der Waals surface area contributed by atoms with E-state index in [-0.39, 0.29) is 6.61 Å². The van der Waals surface area contributed by atoms with Crippen LogP contribution in [0.2, 0.25) is 0 Å². The van der Waals surface area contributed by atoms with Gasteiger partial charge < -0.3 is 13.9 Å². The van der Waals surface area contributed by atoms with E-state index in [0.717, 1.165) is 5.39 Å². The average molecular weight is 501 g/mol. The van der Waals surface area contributed by atoms with Gasteiger partial charge in [0.1, 0.15) is 11.5 Å². The third kappa shape index (κ3) is 5.79. The number of hydrogen-bond acceptors (Lipinski definition) is 7. The van der Waals surface area contributed by atoms with Crippen LogP contribution in [0.1, 0.15) is 5.76 Å². The zero-order valence-electron chi connectivity index (χ0n) is 14.1. The van der Waals surface area contributed by atoms with Crippen LogP contribution in [0.4, 0.5) is 0 Å². The van der Waals surface area contributed by atoms with E-state index in [0.29, 0.717) is 46.6 Å². The van der Waals surface area contributed by atoms with Gasteiger partial charge in [-0.25, -0.2) is 0 Å². The van der Waals surface area contributed by atoms with Gasteiger partial charge in [-0.1, -0.05) is 31.9 Å². The van der Waals surface area contributed by atoms with Crippen molar-refractivity contribution in [3.05, 3.63) is 24.0 Å². The number of nitrogens with one attached hydrogen (secondary N) is 2. The number of rotatable bonds is 11. The third-order valence-electron chi connectivity index (χ3n) is 3.30. The van der Waals surface area contributed by atoms with E-state index in [2.05, 4.69) is 42.0 Å². The van der Waals surface area contributed by atoms with E-state index in [1.54, 1.807) is 20.3 Å². The quantitative estimate of drug-likeness (QED) is 0.321. The first-order chi connectivity index (χ1) is 12.0. The monoisotopic (exact) mass is 499 g/mol. The highest BCUT2D eigenvalue weighted by Gasteiger charge is 2.38. The lowest BCUT2D eigenvalue weighted by atomic mass is 10.2. The molecule has 1 aromatic carbocycles. The van der Waals surface area contributed by atoms with E-state index in [4.69, 9.17) is 18.4 Å². The molecule has 0 aliphatic carbocycles. The first-order valence-corrected chi connectivity index (χ1v) is 11.5. The van der Waals surface area contributed by atoms with Gasteiger partial charge in [0, 0.05) is 35.2 Å². The predicted octanol–water partition coefficient (Wildman–Crippen LogP) is 3.61. The van der Waals surface area contributed by atoms with E-state index in [9.17, 15) is 4.89 Å². The largest absolute Gasteiger partial charge is 0.497 e. The van der Waals surface area contributed by atoms with Crippen molar-refractivity contribution in [3.63, 3.8) is 0 Å². The summed E-state index contributed by atoms with van der Waals surface area (Å²) in [5.74, 6) is 1.85. The van der Waals surface area contributed by atoms with Crippen LogP contribution in [-0.4, -0.2) is 42.9 Å². The van der Waals surface area contributed by atoms with Crippen LogP contribution in [0.5, 0.6) is 11.5 Å². The highest BCUT2D eigenvalue weighted by atomic mass is 79.9. The molecule has 0 saturated carbocycles. The highest BCUT2D eigenvalue weighted by molar-refractivity contribution is 9.09. The van der Waals surface area contributed by atoms with E-state index in [1.165, 1.54) is 0 Å². The summed E-state index contributed by atoms with van der Waals surface area (Å²) in [5.41, 5.74) is 0.616. The van der Waals surface area contributed by atoms with Crippen LogP contribution in [-0.2, 0) is 11.1 Å². The maximum absolute atomic E-state index is 10.6. The summed E-state index contributed by atoms with van der Waals surface area (Å²) in [6, 6.07) is 5.47. The van der Waals surface area contributed by atoms with Crippen molar-refractivity contribution in [2.45, 2.75) is 6.61 Å². The molecule has 140 valence electrons. The second-order valence-corrected chi connectivity index (χ2v) is 8.63. The zero-order chi connectivity index (χ0) is 18.3. The number of furan rings is 1. The molecular weight excluding hydrogens is 479 g/mol. The average Bonchev–Trinajstić information content (AvgIpc) is 3.05. The maximum Gasteiger partial charge on any atom is 0.428 e. The van der Waals surface area contributed by atoms with Crippen LogP contribution >= 0.6 is 39.9 Å². The molecule has 0 bridgehead atoms. The second kappa shape index (κ2) is 10.1. The third-order valence-corrected chi connectivity index (χ3v) is 5.90. The first kappa shape index (κ1) is 20.9. The van der Waals surface area contributed by atoms with Crippen LogP contribution in [0.15, 0.2) is 22.6 Å². The number of ether oxygens (including phenoxy) is 2. The lowest BCUT2D eigenvalue weighted by Gasteiger charge is -2.17. The molecule has 7 nitrogen and oxygen atoms in total. The topological polar surface area (TPSA) is 85.1 Å². The van der Waals surface area contributed by atoms with Crippen LogP contribution in [0.25, 0.3) is 11.0 Å². The fourth-order valence-electron chi connectivity index (χ4n) is 2.18. The fraction of sp³-hybridized carbons (Fsp3) is 0.467. The minimum atomic E-state index is -2.92. The summed E-state index contributed by atoms with van der Waals surface area (Å²) in [6.45, 7) is 1.27. The van der Waals surface area contributed by atoms with Gasteiger partial charge in [0.05, 0.1) is 14.2 Å². The Labute approximate surface area is 164 Å². The molecule has 0 spiro atoms. The number of alkyl halides is 2. The molecule has 0 radical (unpaired) electrons. The minimum Gasteiger partial charge on any atom is -0.497 e. The van der Waals surface area contributed by atoms with Crippen molar-refractivity contribution in [2.24, 2.45) is 0 Å². The van der Waals surface area contributed by atoms with Gasteiger partial charge in [0.25, 0.3) is 0 Å². The normalized spacial score (nSPS) is 11.9. The number of halogens is 2.